The number of thiazole rings is 1. The Kier molecular flexibility index (Phi) is 6.26. The van der Waals surface area contributed by atoms with Crippen molar-refractivity contribution in [3.63, 3.8) is 0 Å². The standard InChI is InChI=1S/C23H27N3O5S2/c1-14-11-32-21(24-14)33-18-6-5-15(7-17(18)26(29)30)20(28)31-10-19(27)25-13-23(4)9-16(25)8-22(2,3)12-23/h5-7,11,16H,8-10,12-13H2,1-4H3/t16-,23+/m1/s1. The van der Waals surface area contributed by atoms with Crippen LogP contribution in [0.3, 0.4) is 0 Å². The summed E-state index contributed by atoms with van der Waals surface area (Å²) < 4.78 is 5.95. The minimum Gasteiger partial charge on any atom is -0.452 e. The first-order valence-electron chi connectivity index (χ1n) is 10.8. The van der Waals surface area contributed by atoms with Gasteiger partial charge in [-0.1, -0.05) is 32.5 Å². The van der Waals surface area contributed by atoms with Gasteiger partial charge in [-0.05, 0) is 49.1 Å². The number of carbonyl (C=O) groups excluding carboxylic acids is 2. The Labute approximate surface area is 200 Å². The van der Waals surface area contributed by atoms with Gasteiger partial charge in [0.2, 0.25) is 0 Å². The van der Waals surface area contributed by atoms with Crippen LogP contribution in [-0.2, 0) is 9.53 Å². The van der Waals surface area contributed by atoms with Crippen molar-refractivity contribution in [2.75, 3.05) is 13.2 Å². The molecule has 0 spiro atoms. The number of hydrogen-bond acceptors (Lipinski definition) is 8. The zero-order valence-corrected chi connectivity index (χ0v) is 20.8. The van der Waals surface area contributed by atoms with Crippen LogP contribution in [0.1, 0.15) is 56.1 Å². The number of fused-ring (bicyclic) bond motifs is 2. The van der Waals surface area contributed by atoms with E-state index < -0.39 is 10.9 Å². The molecule has 2 aliphatic rings. The van der Waals surface area contributed by atoms with Crippen LogP contribution < -0.4 is 0 Å². The number of likely N-dealkylation sites (tertiary alicyclic amines) is 1. The maximum absolute atomic E-state index is 12.8. The minimum absolute atomic E-state index is 0.0439. The van der Waals surface area contributed by atoms with Gasteiger partial charge in [-0.2, -0.15) is 0 Å². The highest BCUT2D eigenvalue weighted by Gasteiger charge is 2.50. The van der Waals surface area contributed by atoms with Crippen LogP contribution in [0, 0.1) is 27.9 Å². The van der Waals surface area contributed by atoms with Crippen LogP contribution >= 0.6 is 23.1 Å². The Balaban J connectivity index is 1.42. The van der Waals surface area contributed by atoms with Crippen molar-refractivity contribution in [1.82, 2.24) is 9.88 Å². The molecule has 2 bridgehead atoms. The number of carbonyl (C=O) groups is 2. The fourth-order valence-corrected chi connectivity index (χ4v) is 7.27. The van der Waals surface area contributed by atoms with Gasteiger partial charge in [0.15, 0.2) is 10.9 Å². The molecular formula is C23H27N3O5S2. The van der Waals surface area contributed by atoms with Crippen molar-refractivity contribution < 1.29 is 19.2 Å². The lowest BCUT2D eigenvalue weighted by molar-refractivity contribution is -0.387. The molecule has 8 nitrogen and oxygen atoms in total. The average Bonchev–Trinajstić information content (AvgIpc) is 3.24. The maximum Gasteiger partial charge on any atom is 0.338 e. The predicted octanol–water partition coefficient (Wildman–Crippen LogP) is 5.09. The minimum atomic E-state index is -0.748. The molecule has 1 saturated carbocycles. The SMILES string of the molecule is Cc1csc(Sc2ccc(C(=O)OCC(=O)N3C[C@@]4(C)C[C@H]3CC(C)(C)C4)cc2[N+](=O)[O-])n1. The fraction of sp³-hybridized carbons (Fsp3) is 0.522. The third kappa shape index (κ3) is 5.22. The number of benzene rings is 1. The molecule has 1 saturated heterocycles. The first kappa shape index (κ1) is 23.7. The summed E-state index contributed by atoms with van der Waals surface area (Å²) in [5, 5.41) is 13.5. The number of rotatable bonds is 6. The number of hydrogen-bond donors (Lipinski definition) is 0. The quantitative estimate of drug-likeness (QED) is 0.316. The lowest BCUT2D eigenvalue weighted by Crippen LogP contribution is -2.39. The molecular weight excluding hydrogens is 462 g/mol. The molecule has 1 aliphatic heterocycles. The van der Waals surface area contributed by atoms with E-state index in [1.807, 2.05) is 17.2 Å². The Morgan fingerprint density at radius 1 is 1.33 bits per heavy atom. The largest absolute Gasteiger partial charge is 0.452 e. The highest BCUT2D eigenvalue weighted by Crippen LogP contribution is 2.52. The molecule has 1 aliphatic carbocycles. The van der Waals surface area contributed by atoms with Crippen LogP contribution in [0.5, 0.6) is 0 Å². The van der Waals surface area contributed by atoms with Gasteiger partial charge in [0.05, 0.1) is 15.4 Å². The topological polar surface area (TPSA) is 103 Å². The summed E-state index contributed by atoms with van der Waals surface area (Å²) in [7, 11) is 0. The summed E-state index contributed by atoms with van der Waals surface area (Å²) in [6, 6.07) is 4.36. The van der Waals surface area contributed by atoms with Crippen molar-refractivity contribution in [3.05, 3.63) is 45.0 Å². The van der Waals surface area contributed by atoms with E-state index in [4.69, 9.17) is 4.74 Å². The van der Waals surface area contributed by atoms with E-state index in [0.29, 0.717) is 15.8 Å². The Morgan fingerprint density at radius 3 is 2.76 bits per heavy atom. The van der Waals surface area contributed by atoms with E-state index in [1.54, 1.807) is 0 Å². The van der Waals surface area contributed by atoms with Gasteiger partial charge in [0, 0.05) is 29.7 Å². The second kappa shape index (κ2) is 8.72. The molecule has 2 atom stereocenters. The number of ether oxygens (including phenoxy) is 1. The van der Waals surface area contributed by atoms with Gasteiger partial charge >= 0.3 is 5.97 Å². The van der Waals surface area contributed by atoms with Crippen molar-refractivity contribution in [2.45, 2.75) is 62.2 Å². The summed E-state index contributed by atoms with van der Waals surface area (Å²) in [6.07, 6.45) is 2.97. The molecule has 33 heavy (non-hydrogen) atoms. The third-order valence-corrected chi connectivity index (χ3v) is 8.37. The van der Waals surface area contributed by atoms with E-state index in [9.17, 15) is 19.7 Å². The Morgan fingerprint density at radius 2 is 2.09 bits per heavy atom. The zero-order valence-electron chi connectivity index (χ0n) is 19.1. The number of nitrogens with zero attached hydrogens (tertiary/aromatic N) is 3. The maximum atomic E-state index is 12.8. The first-order valence-corrected chi connectivity index (χ1v) is 12.5. The molecule has 1 aromatic carbocycles. The smallest absolute Gasteiger partial charge is 0.338 e. The molecule has 2 aromatic rings. The fourth-order valence-electron chi connectivity index (χ4n) is 5.39. The second-order valence-corrected chi connectivity index (χ2v) is 12.3. The van der Waals surface area contributed by atoms with Crippen LogP contribution in [-0.4, -0.2) is 45.9 Å². The van der Waals surface area contributed by atoms with Gasteiger partial charge in [-0.3, -0.25) is 14.9 Å². The summed E-state index contributed by atoms with van der Waals surface area (Å²) in [5.74, 6) is -0.961. The van der Waals surface area contributed by atoms with Crippen molar-refractivity contribution in [2.24, 2.45) is 10.8 Å². The first-order chi connectivity index (χ1) is 15.4. The average molecular weight is 490 g/mol. The number of esters is 1. The van der Waals surface area contributed by atoms with Crippen molar-refractivity contribution >= 4 is 40.7 Å². The van der Waals surface area contributed by atoms with Gasteiger partial charge in [0.1, 0.15) is 0 Å². The molecule has 176 valence electrons. The lowest BCUT2D eigenvalue weighted by atomic mass is 9.65. The number of nitro benzene ring substituents is 1. The molecule has 2 fully saturated rings. The Bertz CT molecular complexity index is 1120. The van der Waals surface area contributed by atoms with E-state index in [0.717, 1.165) is 25.0 Å². The summed E-state index contributed by atoms with van der Waals surface area (Å²) in [5.41, 5.74) is 0.962. The van der Waals surface area contributed by atoms with Crippen LogP contribution in [0.25, 0.3) is 0 Å². The monoisotopic (exact) mass is 489 g/mol. The molecule has 1 amide bonds. The van der Waals surface area contributed by atoms with E-state index >= 15 is 0 Å². The van der Waals surface area contributed by atoms with Crippen molar-refractivity contribution in [3.8, 4) is 0 Å². The molecule has 0 unspecified atom stereocenters. The van der Waals surface area contributed by atoms with Gasteiger partial charge in [0.25, 0.3) is 11.6 Å². The molecule has 1 aromatic heterocycles. The summed E-state index contributed by atoms with van der Waals surface area (Å²) >= 11 is 2.58. The number of amides is 1. The molecule has 10 heteroatoms. The summed E-state index contributed by atoms with van der Waals surface area (Å²) in [6.45, 7) is 8.84. The van der Waals surface area contributed by atoms with E-state index in [2.05, 4.69) is 25.8 Å². The van der Waals surface area contributed by atoms with Gasteiger partial charge in [-0.15, -0.1) is 11.3 Å². The van der Waals surface area contributed by atoms with Crippen molar-refractivity contribution in [1.29, 1.82) is 0 Å². The van der Waals surface area contributed by atoms with E-state index in [-0.39, 0.29) is 40.6 Å². The zero-order chi connectivity index (χ0) is 24.0. The number of aromatic nitrogens is 1. The molecule has 2 heterocycles. The normalized spacial score (nSPS) is 23.4. The highest BCUT2D eigenvalue weighted by molar-refractivity contribution is 8.01. The second-order valence-electron chi connectivity index (χ2n) is 10.1. The van der Waals surface area contributed by atoms with Crippen LogP contribution in [0.4, 0.5) is 5.69 Å². The molecule has 0 N–H and O–H groups in total. The van der Waals surface area contributed by atoms with Gasteiger partial charge in [-0.25, -0.2) is 9.78 Å². The predicted molar refractivity (Wildman–Crippen MR) is 126 cm³/mol. The molecule has 0 radical (unpaired) electrons. The number of nitro groups is 1. The van der Waals surface area contributed by atoms with E-state index in [1.165, 1.54) is 41.3 Å². The summed E-state index contributed by atoms with van der Waals surface area (Å²) in [4.78, 5) is 43.0. The lowest BCUT2D eigenvalue weighted by Gasteiger charge is -2.39. The van der Waals surface area contributed by atoms with Crippen LogP contribution in [0.2, 0.25) is 0 Å². The van der Waals surface area contributed by atoms with Gasteiger partial charge < -0.3 is 9.64 Å². The Hall–Kier alpha value is -2.46. The molecule has 4 rings (SSSR count). The van der Waals surface area contributed by atoms with Crippen LogP contribution in [0.15, 0.2) is 32.8 Å². The number of aryl methyl sites for hydroxylation is 1. The highest BCUT2D eigenvalue weighted by atomic mass is 32.2. The third-order valence-electron chi connectivity index (χ3n) is 6.25.